The smallest absolute Gasteiger partial charge is 0.337 e. The van der Waals surface area contributed by atoms with E-state index in [9.17, 15) is 14.0 Å². The predicted molar refractivity (Wildman–Crippen MR) is 142 cm³/mol. The van der Waals surface area contributed by atoms with Crippen LogP contribution in [0.15, 0.2) is 76.6 Å². The Morgan fingerprint density at radius 2 is 1.84 bits per heavy atom. The molecule has 9 heteroatoms. The number of nitrogens with zero attached hydrogens (tertiary/aromatic N) is 2. The fourth-order valence-electron chi connectivity index (χ4n) is 3.60. The lowest BCUT2D eigenvalue weighted by atomic mass is 10.1. The van der Waals surface area contributed by atoms with Crippen LogP contribution in [0.5, 0.6) is 11.5 Å². The van der Waals surface area contributed by atoms with E-state index in [1.807, 2.05) is 13.0 Å². The lowest BCUT2D eigenvalue weighted by molar-refractivity contribution is -0.122. The van der Waals surface area contributed by atoms with Gasteiger partial charge < -0.3 is 14.2 Å². The Labute approximate surface area is 218 Å². The number of thioether (sulfide) groups is 1. The second-order valence-corrected chi connectivity index (χ2v) is 8.93. The molecular formula is C28H25FN2O5S. The molecule has 1 heterocycles. The van der Waals surface area contributed by atoms with Gasteiger partial charge in [0, 0.05) is 6.54 Å². The summed E-state index contributed by atoms with van der Waals surface area (Å²) in [7, 11) is 2.86. The molecule has 190 valence electrons. The van der Waals surface area contributed by atoms with Crippen molar-refractivity contribution in [3.63, 3.8) is 0 Å². The van der Waals surface area contributed by atoms with Gasteiger partial charge in [-0.15, -0.1) is 0 Å². The van der Waals surface area contributed by atoms with Gasteiger partial charge in [-0.1, -0.05) is 18.2 Å². The average Bonchev–Trinajstić information content (AvgIpc) is 3.20. The Morgan fingerprint density at radius 1 is 1.05 bits per heavy atom. The third-order valence-corrected chi connectivity index (χ3v) is 6.49. The number of carbonyl (C=O) groups excluding carboxylic acids is 2. The van der Waals surface area contributed by atoms with Gasteiger partial charge in [-0.25, -0.2) is 14.2 Å². The Kier molecular flexibility index (Phi) is 8.25. The number of amides is 1. The highest BCUT2D eigenvalue weighted by Crippen LogP contribution is 2.36. The molecule has 1 saturated heterocycles. The Balaban J connectivity index is 1.53. The molecule has 0 unspecified atom stereocenters. The zero-order valence-electron chi connectivity index (χ0n) is 20.6. The SMILES string of the molecule is CCN1C(=O)C(=Cc2ccc(OCc3cccc(F)c3)c(OC)c2)SC1=Nc1ccc(C(=O)OC)cc1. The van der Waals surface area contributed by atoms with Crippen molar-refractivity contribution in [3.05, 3.63) is 94.1 Å². The molecule has 0 aliphatic carbocycles. The highest BCUT2D eigenvalue weighted by Gasteiger charge is 2.32. The van der Waals surface area contributed by atoms with Crippen molar-refractivity contribution >= 4 is 40.6 Å². The van der Waals surface area contributed by atoms with Crippen molar-refractivity contribution in [3.8, 4) is 11.5 Å². The topological polar surface area (TPSA) is 77.4 Å². The number of aliphatic imine (C=N–C) groups is 1. The van der Waals surface area contributed by atoms with Gasteiger partial charge in [0.15, 0.2) is 16.7 Å². The van der Waals surface area contributed by atoms with Gasteiger partial charge in [0.1, 0.15) is 12.4 Å². The van der Waals surface area contributed by atoms with Crippen molar-refractivity contribution in [1.82, 2.24) is 4.90 Å². The van der Waals surface area contributed by atoms with Gasteiger partial charge in [-0.2, -0.15) is 0 Å². The lowest BCUT2D eigenvalue weighted by Gasteiger charge is -2.12. The number of carbonyl (C=O) groups is 2. The minimum Gasteiger partial charge on any atom is -0.493 e. The van der Waals surface area contributed by atoms with Gasteiger partial charge in [0.2, 0.25) is 0 Å². The van der Waals surface area contributed by atoms with E-state index < -0.39 is 5.97 Å². The van der Waals surface area contributed by atoms with Crippen molar-refractivity contribution < 1.29 is 28.2 Å². The molecule has 0 N–H and O–H groups in total. The van der Waals surface area contributed by atoms with Crippen molar-refractivity contribution in [2.24, 2.45) is 4.99 Å². The van der Waals surface area contributed by atoms with Crippen LogP contribution in [-0.2, 0) is 16.1 Å². The molecule has 0 saturated carbocycles. The normalized spacial score (nSPS) is 15.4. The van der Waals surface area contributed by atoms with Gasteiger partial charge in [-0.3, -0.25) is 9.69 Å². The maximum Gasteiger partial charge on any atom is 0.337 e. The molecule has 3 aromatic carbocycles. The molecule has 0 radical (unpaired) electrons. The van der Waals surface area contributed by atoms with Crippen LogP contribution in [0, 0.1) is 5.82 Å². The number of methoxy groups -OCH3 is 2. The van der Waals surface area contributed by atoms with Gasteiger partial charge >= 0.3 is 5.97 Å². The highest BCUT2D eigenvalue weighted by atomic mass is 32.2. The molecule has 3 aromatic rings. The van der Waals surface area contributed by atoms with Crippen LogP contribution < -0.4 is 9.47 Å². The first-order chi connectivity index (χ1) is 17.9. The van der Waals surface area contributed by atoms with Crippen LogP contribution in [0.1, 0.15) is 28.4 Å². The van der Waals surface area contributed by atoms with Crippen LogP contribution in [0.2, 0.25) is 0 Å². The fourth-order valence-corrected chi connectivity index (χ4v) is 4.67. The predicted octanol–water partition coefficient (Wildman–Crippen LogP) is 5.82. The summed E-state index contributed by atoms with van der Waals surface area (Å²) in [6.07, 6.45) is 1.78. The van der Waals surface area contributed by atoms with Gasteiger partial charge in [-0.05, 0) is 84.4 Å². The number of amidine groups is 1. The van der Waals surface area contributed by atoms with E-state index >= 15 is 0 Å². The number of benzene rings is 3. The van der Waals surface area contributed by atoms with Crippen LogP contribution >= 0.6 is 11.8 Å². The molecule has 1 aliphatic rings. The molecule has 0 aromatic heterocycles. The second-order valence-electron chi connectivity index (χ2n) is 7.92. The van der Waals surface area contributed by atoms with E-state index in [-0.39, 0.29) is 18.3 Å². The van der Waals surface area contributed by atoms with E-state index in [0.717, 1.165) is 5.56 Å². The summed E-state index contributed by atoms with van der Waals surface area (Å²) in [5, 5.41) is 0.548. The van der Waals surface area contributed by atoms with E-state index in [2.05, 4.69) is 4.99 Å². The van der Waals surface area contributed by atoms with Crippen molar-refractivity contribution in [2.45, 2.75) is 13.5 Å². The lowest BCUT2D eigenvalue weighted by Crippen LogP contribution is -2.28. The molecule has 7 nitrogen and oxygen atoms in total. The molecule has 0 atom stereocenters. The number of rotatable bonds is 8. The summed E-state index contributed by atoms with van der Waals surface area (Å²) in [6, 6.07) is 18.2. The summed E-state index contributed by atoms with van der Waals surface area (Å²) in [5.41, 5.74) is 2.49. The minimum absolute atomic E-state index is 0.150. The minimum atomic E-state index is -0.425. The van der Waals surface area contributed by atoms with Crippen LogP contribution in [0.4, 0.5) is 10.1 Å². The second kappa shape index (κ2) is 11.7. The number of halogens is 1. The number of likely N-dealkylation sites (N-methyl/N-ethyl adjacent to an activating group) is 1. The molecule has 0 bridgehead atoms. The zero-order chi connectivity index (χ0) is 26.4. The number of hydrogen-bond acceptors (Lipinski definition) is 7. The van der Waals surface area contributed by atoms with E-state index in [4.69, 9.17) is 14.2 Å². The van der Waals surface area contributed by atoms with Gasteiger partial charge in [0.05, 0.1) is 30.4 Å². The van der Waals surface area contributed by atoms with Crippen LogP contribution in [0.25, 0.3) is 6.08 Å². The quantitative estimate of drug-likeness (QED) is 0.275. The van der Waals surface area contributed by atoms with E-state index in [1.54, 1.807) is 59.5 Å². The third kappa shape index (κ3) is 6.18. The standard InChI is InChI=1S/C28H25FN2O5S/c1-4-31-26(32)25(37-28(31)30-22-11-9-20(10-12-22)27(33)35-3)16-18-8-13-23(24(15-18)34-2)36-17-19-6-5-7-21(29)14-19/h5-16H,4,17H2,1-3H3. The van der Waals surface area contributed by atoms with Crippen LogP contribution in [0.3, 0.4) is 0 Å². The van der Waals surface area contributed by atoms with Gasteiger partial charge in [0.25, 0.3) is 5.91 Å². The number of hydrogen-bond donors (Lipinski definition) is 0. The highest BCUT2D eigenvalue weighted by molar-refractivity contribution is 8.18. The molecule has 4 rings (SSSR count). The maximum absolute atomic E-state index is 13.4. The molecule has 1 amide bonds. The molecular weight excluding hydrogens is 495 g/mol. The van der Waals surface area contributed by atoms with Crippen molar-refractivity contribution in [2.75, 3.05) is 20.8 Å². The van der Waals surface area contributed by atoms with Crippen LogP contribution in [-0.4, -0.2) is 42.7 Å². The summed E-state index contributed by atoms with van der Waals surface area (Å²) < 4.78 is 29.5. The third-order valence-electron chi connectivity index (χ3n) is 5.49. The summed E-state index contributed by atoms with van der Waals surface area (Å²) >= 11 is 1.27. The molecule has 37 heavy (non-hydrogen) atoms. The van der Waals surface area contributed by atoms with E-state index in [0.29, 0.717) is 44.9 Å². The Hall–Kier alpha value is -4.11. The van der Waals surface area contributed by atoms with E-state index in [1.165, 1.54) is 38.1 Å². The maximum atomic E-state index is 13.4. The molecule has 1 fully saturated rings. The molecule has 0 spiro atoms. The molecule has 1 aliphatic heterocycles. The summed E-state index contributed by atoms with van der Waals surface area (Å²) in [4.78, 5) is 31.4. The summed E-state index contributed by atoms with van der Waals surface area (Å²) in [6.45, 7) is 2.53. The Morgan fingerprint density at radius 3 is 2.51 bits per heavy atom. The largest absolute Gasteiger partial charge is 0.493 e. The zero-order valence-corrected chi connectivity index (χ0v) is 21.4. The fraction of sp³-hybridized carbons (Fsp3) is 0.179. The summed E-state index contributed by atoms with van der Waals surface area (Å²) in [5.74, 6) is 0.102. The van der Waals surface area contributed by atoms with Crippen molar-refractivity contribution in [1.29, 1.82) is 0 Å². The Bertz CT molecular complexity index is 1370. The number of esters is 1. The first-order valence-electron chi connectivity index (χ1n) is 11.5. The average molecular weight is 521 g/mol. The monoisotopic (exact) mass is 520 g/mol. The first kappa shape index (κ1) is 26.0. The first-order valence-corrected chi connectivity index (χ1v) is 12.3. The number of ether oxygens (including phenoxy) is 3.